The van der Waals surface area contributed by atoms with Crippen LogP contribution in [0.2, 0.25) is 15.1 Å². The summed E-state index contributed by atoms with van der Waals surface area (Å²) in [4.78, 5) is 39.3. The second kappa shape index (κ2) is 12.6. The summed E-state index contributed by atoms with van der Waals surface area (Å²) in [5.74, 6) is -1.53. The lowest BCUT2D eigenvalue weighted by molar-refractivity contribution is -0.139. The van der Waals surface area contributed by atoms with Crippen molar-refractivity contribution in [2.24, 2.45) is 0 Å². The van der Waals surface area contributed by atoms with E-state index < -0.39 is 17.9 Å². The highest BCUT2D eigenvalue weighted by Gasteiger charge is 2.25. The monoisotopic (exact) mass is 586 g/mol. The second-order valence-corrected chi connectivity index (χ2v) is 10.2. The summed E-state index contributed by atoms with van der Waals surface area (Å²) in [5, 5.41) is 13.0. The molecule has 202 valence electrons. The van der Waals surface area contributed by atoms with Crippen molar-refractivity contribution in [3.8, 4) is 5.75 Å². The Morgan fingerprint density at radius 2 is 1.72 bits per heavy atom. The Kier molecular flexibility index (Phi) is 9.17. The number of nitrogens with one attached hydrogen (secondary N) is 1. The average molecular weight is 588 g/mol. The van der Waals surface area contributed by atoms with Gasteiger partial charge in [-0.2, -0.15) is 0 Å². The van der Waals surface area contributed by atoms with Gasteiger partial charge in [0.05, 0.1) is 28.3 Å². The van der Waals surface area contributed by atoms with Crippen LogP contribution in [0.5, 0.6) is 5.75 Å². The normalized spacial score (nSPS) is 13.8. The van der Waals surface area contributed by atoms with E-state index in [0.29, 0.717) is 35.8 Å². The van der Waals surface area contributed by atoms with Gasteiger partial charge in [-0.1, -0.05) is 71.2 Å². The highest BCUT2D eigenvalue weighted by molar-refractivity contribution is 6.39. The summed E-state index contributed by atoms with van der Waals surface area (Å²) in [6.07, 6.45) is 2.74. The van der Waals surface area contributed by atoms with Crippen molar-refractivity contribution in [2.75, 3.05) is 20.2 Å². The van der Waals surface area contributed by atoms with Gasteiger partial charge < -0.3 is 20.1 Å². The van der Waals surface area contributed by atoms with Gasteiger partial charge in [0.15, 0.2) is 0 Å². The maximum Gasteiger partial charge on any atom is 0.326 e. The van der Waals surface area contributed by atoms with Gasteiger partial charge in [0.25, 0.3) is 11.8 Å². The molecule has 1 aliphatic rings. The van der Waals surface area contributed by atoms with Gasteiger partial charge >= 0.3 is 5.97 Å². The first-order valence-corrected chi connectivity index (χ1v) is 13.2. The maximum atomic E-state index is 13.0. The van der Waals surface area contributed by atoms with Gasteiger partial charge in [-0.3, -0.25) is 9.59 Å². The molecule has 0 saturated heterocycles. The number of aliphatic carboxylic acids is 1. The number of carboxylic acid groups (broad SMARTS) is 1. The lowest BCUT2D eigenvalue weighted by atomic mass is 9.96. The van der Waals surface area contributed by atoms with Crippen molar-refractivity contribution in [3.05, 3.63) is 104 Å². The number of rotatable bonds is 8. The number of hydrogen-bond donors (Lipinski definition) is 2. The lowest BCUT2D eigenvalue weighted by Crippen LogP contribution is -2.42. The minimum absolute atomic E-state index is 0.0358. The Morgan fingerprint density at radius 1 is 1.03 bits per heavy atom. The van der Waals surface area contributed by atoms with Crippen LogP contribution in [0.25, 0.3) is 5.57 Å². The lowest BCUT2D eigenvalue weighted by Gasteiger charge is -2.27. The van der Waals surface area contributed by atoms with Crippen LogP contribution >= 0.6 is 34.8 Å². The van der Waals surface area contributed by atoms with Crippen LogP contribution in [-0.2, 0) is 11.2 Å². The van der Waals surface area contributed by atoms with Gasteiger partial charge in [0.2, 0.25) is 0 Å². The summed E-state index contributed by atoms with van der Waals surface area (Å²) in [5.41, 5.74) is 3.30. The van der Waals surface area contributed by atoms with E-state index in [1.807, 2.05) is 30.3 Å². The van der Waals surface area contributed by atoms with Crippen molar-refractivity contribution in [3.63, 3.8) is 0 Å². The summed E-state index contributed by atoms with van der Waals surface area (Å²) >= 11 is 18.2. The van der Waals surface area contributed by atoms with E-state index in [0.717, 1.165) is 16.7 Å². The first-order valence-electron chi connectivity index (χ1n) is 12.1. The molecule has 0 saturated carbocycles. The number of ether oxygens (including phenoxy) is 1. The minimum atomic E-state index is -1.17. The summed E-state index contributed by atoms with van der Waals surface area (Å²) in [7, 11) is 1.50. The zero-order valence-electron chi connectivity index (χ0n) is 20.9. The number of benzene rings is 3. The quantitative estimate of drug-likeness (QED) is 0.337. The molecular weight excluding hydrogens is 563 g/mol. The summed E-state index contributed by atoms with van der Waals surface area (Å²) in [6, 6.07) is 15.9. The van der Waals surface area contributed by atoms with Gasteiger partial charge in [0.1, 0.15) is 11.8 Å². The van der Waals surface area contributed by atoms with E-state index in [2.05, 4.69) is 5.32 Å². The summed E-state index contributed by atoms with van der Waals surface area (Å²) in [6.45, 7) is 0.981. The Morgan fingerprint density at radius 3 is 2.31 bits per heavy atom. The van der Waals surface area contributed by atoms with E-state index in [1.165, 1.54) is 19.2 Å². The van der Waals surface area contributed by atoms with Crippen LogP contribution in [0, 0.1) is 0 Å². The fourth-order valence-corrected chi connectivity index (χ4v) is 5.09. The number of carboxylic acids is 1. The predicted octanol–water partition coefficient (Wildman–Crippen LogP) is 6.01. The van der Waals surface area contributed by atoms with Crippen LogP contribution in [0.15, 0.2) is 66.7 Å². The molecular formula is C29H25Cl3N2O5. The molecule has 0 fully saturated rings. The molecule has 1 aliphatic heterocycles. The molecule has 0 radical (unpaired) electrons. The number of carbonyl (C=O) groups is 3. The third-order valence-corrected chi connectivity index (χ3v) is 7.31. The van der Waals surface area contributed by atoms with Crippen molar-refractivity contribution < 1.29 is 24.2 Å². The fraction of sp³-hybridized carbons (Fsp3) is 0.207. The highest BCUT2D eigenvalue weighted by atomic mass is 35.5. The molecule has 0 bridgehead atoms. The molecule has 0 unspecified atom stereocenters. The second-order valence-electron chi connectivity index (χ2n) is 8.94. The molecule has 3 aromatic rings. The first-order chi connectivity index (χ1) is 18.7. The van der Waals surface area contributed by atoms with Gasteiger partial charge in [-0.05, 0) is 53.5 Å². The van der Waals surface area contributed by atoms with E-state index in [-0.39, 0.29) is 27.9 Å². The molecule has 39 heavy (non-hydrogen) atoms. The number of methoxy groups -OCH3 is 1. The van der Waals surface area contributed by atoms with Gasteiger partial charge in [-0.25, -0.2) is 4.79 Å². The average Bonchev–Trinajstić information content (AvgIpc) is 2.92. The number of carbonyl (C=O) groups excluding carboxylic acids is 2. The van der Waals surface area contributed by atoms with Gasteiger partial charge in [-0.15, -0.1) is 0 Å². The Labute approximate surface area is 240 Å². The Bertz CT molecular complexity index is 1420. The van der Waals surface area contributed by atoms with Crippen LogP contribution in [0.3, 0.4) is 0 Å². The van der Waals surface area contributed by atoms with Crippen molar-refractivity contribution in [2.45, 2.75) is 18.9 Å². The number of nitrogens with zero attached hydrogens (tertiary/aromatic N) is 1. The molecule has 0 spiro atoms. The standard InChI is InChI=1S/C29H25Cl3N2O5/c1-39-25-16-20(30)9-10-21(25)28(36)34-13-11-19(12-14-34)18-7-5-17(6-8-18)15-24(29(37)38)33-27(35)26-22(31)3-2-4-23(26)32/h2-11,16,24H,12-15H2,1H3,(H,33,35)(H,37,38)/t24-/m0/s1. The molecule has 2 N–H and O–H groups in total. The zero-order chi connectivity index (χ0) is 28.1. The summed E-state index contributed by atoms with van der Waals surface area (Å²) < 4.78 is 5.32. The molecule has 10 heteroatoms. The van der Waals surface area contributed by atoms with Crippen molar-refractivity contribution in [1.82, 2.24) is 10.2 Å². The predicted molar refractivity (Wildman–Crippen MR) is 152 cm³/mol. The Balaban J connectivity index is 1.41. The third kappa shape index (κ3) is 6.74. The molecule has 3 aromatic carbocycles. The fourth-order valence-electron chi connectivity index (χ4n) is 4.36. The van der Waals surface area contributed by atoms with E-state index >= 15 is 0 Å². The maximum absolute atomic E-state index is 13.0. The van der Waals surface area contributed by atoms with Crippen molar-refractivity contribution in [1.29, 1.82) is 0 Å². The SMILES string of the molecule is COc1cc(Cl)ccc1C(=O)N1CC=C(c2ccc(C[C@H](NC(=O)c3c(Cl)cccc3Cl)C(=O)O)cc2)CC1. The number of amides is 2. The first kappa shape index (κ1) is 28.5. The van der Waals surface area contributed by atoms with Crippen LogP contribution in [-0.4, -0.2) is 54.0 Å². The molecule has 4 rings (SSSR count). The van der Waals surface area contributed by atoms with Crippen LogP contribution < -0.4 is 10.1 Å². The van der Waals surface area contributed by atoms with Crippen LogP contribution in [0.4, 0.5) is 0 Å². The molecule has 1 atom stereocenters. The Hall–Kier alpha value is -3.52. The van der Waals surface area contributed by atoms with E-state index in [9.17, 15) is 19.5 Å². The van der Waals surface area contributed by atoms with Crippen LogP contribution in [0.1, 0.15) is 38.3 Å². The molecule has 0 aliphatic carbocycles. The van der Waals surface area contributed by atoms with E-state index in [1.54, 1.807) is 29.2 Å². The van der Waals surface area contributed by atoms with Crippen molar-refractivity contribution >= 4 is 58.2 Å². The topological polar surface area (TPSA) is 95.9 Å². The zero-order valence-corrected chi connectivity index (χ0v) is 23.2. The molecule has 1 heterocycles. The number of halogens is 3. The highest BCUT2D eigenvalue weighted by Crippen LogP contribution is 2.28. The molecule has 7 nitrogen and oxygen atoms in total. The third-order valence-electron chi connectivity index (χ3n) is 6.45. The largest absolute Gasteiger partial charge is 0.496 e. The van der Waals surface area contributed by atoms with Gasteiger partial charge in [0, 0.05) is 24.5 Å². The number of hydrogen-bond acceptors (Lipinski definition) is 4. The molecule has 0 aromatic heterocycles. The minimum Gasteiger partial charge on any atom is -0.496 e. The molecule has 2 amide bonds. The smallest absolute Gasteiger partial charge is 0.326 e. The van der Waals surface area contributed by atoms with E-state index in [4.69, 9.17) is 39.5 Å².